The Labute approximate surface area is 170 Å². The van der Waals surface area contributed by atoms with Crippen LogP contribution in [0.1, 0.15) is 31.4 Å². The summed E-state index contributed by atoms with van der Waals surface area (Å²) in [5.74, 6) is -1.64. The lowest BCUT2D eigenvalue weighted by atomic mass is 10.1. The van der Waals surface area contributed by atoms with Crippen LogP contribution >= 0.6 is 11.3 Å². The molecule has 2 heterocycles. The fourth-order valence-electron chi connectivity index (χ4n) is 2.53. The molecule has 3 rings (SSSR count). The van der Waals surface area contributed by atoms with Crippen LogP contribution in [-0.2, 0) is 10.9 Å². The number of hydrogen-bond donors (Lipinski definition) is 1. The molecule has 0 bridgehead atoms. The highest BCUT2D eigenvalue weighted by molar-refractivity contribution is 7.17. The number of methoxy groups -OCH3 is 1. The molecule has 0 radical (unpaired) electrons. The summed E-state index contributed by atoms with van der Waals surface area (Å²) in [7, 11) is 1.18. The summed E-state index contributed by atoms with van der Waals surface area (Å²) in [6.07, 6.45) is -3.49. The SMILES string of the molecule is COC(=O)c1cnc(NC(=O)c2nn(-c3ccccc3C(F)(F)F)c(C)cc2=O)s1. The van der Waals surface area contributed by atoms with E-state index < -0.39 is 34.7 Å². The Kier molecular flexibility index (Phi) is 5.69. The number of amides is 1. The lowest BCUT2D eigenvalue weighted by molar-refractivity contribution is -0.137. The average molecular weight is 438 g/mol. The Morgan fingerprint density at radius 3 is 2.60 bits per heavy atom. The minimum atomic E-state index is -4.67. The highest BCUT2D eigenvalue weighted by atomic mass is 32.1. The first kappa shape index (κ1) is 21.2. The number of alkyl halides is 3. The molecule has 0 aliphatic rings. The topological polar surface area (TPSA) is 103 Å². The number of para-hydroxylation sites is 1. The first-order chi connectivity index (χ1) is 14.1. The van der Waals surface area contributed by atoms with Crippen molar-refractivity contribution in [1.82, 2.24) is 14.8 Å². The summed E-state index contributed by atoms with van der Waals surface area (Å²) in [6, 6.07) is 5.67. The fourth-order valence-corrected chi connectivity index (χ4v) is 3.26. The van der Waals surface area contributed by atoms with E-state index in [4.69, 9.17) is 0 Å². The molecule has 3 aromatic rings. The van der Waals surface area contributed by atoms with Crippen molar-refractivity contribution in [1.29, 1.82) is 0 Å². The van der Waals surface area contributed by atoms with Gasteiger partial charge >= 0.3 is 12.1 Å². The number of esters is 1. The third-order valence-corrected chi connectivity index (χ3v) is 4.77. The van der Waals surface area contributed by atoms with E-state index in [1.807, 2.05) is 0 Å². The highest BCUT2D eigenvalue weighted by Gasteiger charge is 2.34. The van der Waals surface area contributed by atoms with Gasteiger partial charge in [-0.25, -0.2) is 14.5 Å². The second-order valence-electron chi connectivity index (χ2n) is 5.90. The summed E-state index contributed by atoms with van der Waals surface area (Å²) in [5.41, 5.74) is -2.62. The zero-order valence-electron chi connectivity index (χ0n) is 15.5. The molecule has 0 aliphatic carbocycles. The smallest absolute Gasteiger partial charge is 0.418 e. The second kappa shape index (κ2) is 8.06. The van der Waals surface area contributed by atoms with Crippen LogP contribution in [0, 0.1) is 6.92 Å². The molecule has 0 atom stereocenters. The molecule has 0 spiro atoms. The number of nitrogens with zero attached hydrogens (tertiary/aromatic N) is 3. The molecule has 0 fully saturated rings. The standard InChI is InChI=1S/C18H13F3N4O4S/c1-9-7-12(26)14(15(27)23-17-22-8-13(30-17)16(28)29-2)24-25(9)11-6-4-3-5-10(11)18(19,20)21/h3-8H,1-2H3,(H,22,23,27). The van der Waals surface area contributed by atoms with Gasteiger partial charge in [-0.2, -0.15) is 18.3 Å². The van der Waals surface area contributed by atoms with Gasteiger partial charge in [0.15, 0.2) is 10.8 Å². The molecular formula is C18H13F3N4O4S. The van der Waals surface area contributed by atoms with Gasteiger partial charge in [-0.05, 0) is 19.1 Å². The van der Waals surface area contributed by atoms with E-state index in [0.717, 1.165) is 28.2 Å². The predicted octanol–water partition coefficient (Wildman–Crippen LogP) is 3.06. The number of ether oxygens (including phenoxy) is 1. The maximum atomic E-state index is 13.4. The van der Waals surface area contributed by atoms with Crippen molar-refractivity contribution >= 4 is 28.3 Å². The molecule has 0 aliphatic heterocycles. The number of hydrogen-bond acceptors (Lipinski definition) is 7. The van der Waals surface area contributed by atoms with Crippen molar-refractivity contribution in [2.75, 3.05) is 12.4 Å². The maximum absolute atomic E-state index is 13.4. The first-order valence-corrected chi connectivity index (χ1v) is 9.06. The van der Waals surface area contributed by atoms with Crippen LogP contribution in [0.4, 0.5) is 18.3 Å². The van der Waals surface area contributed by atoms with Gasteiger partial charge in [0.05, 0.1) is 24.6 Å². The lowest BCUT2D eigenvalue weighted by Crippen LogP contribution is -2.27. The largest absolute Gasteiger partial charge is 0.465 e. The molecule has 0 saturated carbocycles. The van der Waals surface area contributed by atoms with Crippen molar-refractivity contribution in [3.8, 4) is 5.69 Å². The zero-order valence-corrected chi connectivity index (χ0v) is 16.3. The maximum Gasteiger partial charge on any atom is 0.418 e. The van der Waals surface area contributed by atoms with Crippen LogP contribution in [0.2, 0.25) is 0 Å². The Hall–Kier alpha value is -3.54. The van der Waals surface area contributed by atoms with Crippen molar-refractivity contribution in [3.05, 3.63) is 68.6 Å². The van der Waals surface area contributed by atoms with E-state index in [2.05, 4.69) is 20.1 Å². The van der Waals surface area contributed by atoms with Crippen LogP contribution in [0.5, 0.6) is 0 Å². The van der Waals surface area contributed by atoms with Crippen molar-refractivity contribution < 1.29 is 27.5 Å². The van der Waals surface area contributed by atoms with E-state index in [1.54, 1.807) is 0 Å². The molecule has 0 unspecified atom stereocenters. The van der Waals surface area contributed by atoms with Gasteiger partial charge in [0.2, 0.25) is 5.43 Å². The van der Waals surface area contributed by atoms with E-state index in [1.165, 1.54) is 38.4 Å². The Bertz CT molecular complexity index is 1190. The normalized spacial score (nSPS) is 11.2. The van der Waals surface area contributed by atoms with Crippen LogP contribution in [0.3, 0.4) is 0 Å². The molecule has 156 valence electrons. The van der Waals surface area contributed by atoms with Gasteiger partial charge in [0.25, 0.3) is 5.91 Å². The van der Waals surface area contributed by atoms with Crippen LogP contribution in [-0.4, -0.2) is 33.8 Å². The number of thiazole rings is 1. The summed E-state index contributed by atoms with van der Waals surface area (Å²) in [4.78, 5) is 40.2. The lowest BCUT2D eigenvalue weighted by Gasteiger charge is -2.16. The van der Waals surface area contributed by atoms with E-state index >= 15 is 0 Å². The number of benzene rings is 1. The predicted molar refractivity (Wildman–Crippen MR) is 101 cm³/mol. The highest BCUT2D eigenvalue weighted by Crippen LogP contribution is 2.33. The second-order valence-corrected chi connectivity index (χ2v) is 6.93. The van der Waals surface area contributed by atoms with Crippen molar-refractivity contribution in [2.45, 2.75) is 13.1 Å². The zero-order chi connectivity index (χ0) is 22.1. The molecule has 30 heavy (non-hydrogen) atoms. The number of rotatable bonds is 4. The minimum Gasteiger partial charge on any atom is -0.465 e. The third-order valence-electron chi connectivity index (χ3n) is 3.87. The molecular weight excluding hydrogens is 425 g/mol. The number of aryl methyl sites for hydroxylation is 1. The van der Waals surface area contributed by atoms with Crippen molar-refractivity contribution in [3.63, 3.8) is 0 Å². The monoisotopic (exact) mass is 438 g/mol. The molecule has 1 amide bonds. The molecule has 2 aromatic heterocycles. The van der Waals surface area contributed by atoms with Crippen LogP contribution in [0.15, 0.2) is 41.3 Å². The van der Waals surface area contributed by atoms with Gasteiger partial charge in [0, 0.05) is 11.8 Å². The number of nitrogens with one attached hydrogen (secondary N) is 1. The van der Waals surface area contributed by atoms with Gasteiger partial charge in [-0.15, -0.1) is 0 Å². The summed E-state index contributed by atoms with van der Waals surface area (Å²) in [6.45, 7) is 1.40. The molecule has 1 aromatic carbocycles. The Morgan fingerprint density at radius 2 is 1.93 bits per heavy atom. The minimum absolute atomic E-state index is 0.00980. The van der Waals surface area contributed by atoms with Gasteiger partial charge in [0.1, 0.15) is 4.88 Å². The first-order valence-electron chi connectivity index (χ1n) is 8.25. The quantitative estimate of drug-likeness (QED) is 0.628. The molecule has 0 saturated heterocycles. The Balaban J connectivity index is 2.00. The third kappa shape index (κ3) is 4.22. The van der Waals surface area contributed by atoms with E-state index in [0.29, 0.717) is 0 Å². The number of anilines is 1. The molecule has 12 heteroatoms. The number of carbonyl (C=O) groups excluding carboxylic acids is 2. The summed E-state index contributed by atoms with van der Waals surface area (Å²) < 4.78 is 45.5. The number of carbonyl (C=O) groups is 2. The summed E-state index contributed by atoms with van der Waals surface area (Å²) in [5, 5.41) is 6.14. The number of aromatic nitrogens is 3. The van der Waals surface area contributed by atoms with Crippen LogP contribution in [0.25, 0.3) is 5.69 Å². The number of halogens is 3. The molecule has 8 nitrogen and oxygen atoms in total. The van der Waals surface area contributed by atoms with E-state index in [9.17, 15) is 27.6 Å². The Morgan fingerprint density at radius 1 is 1.23 bits per heavy atom. The average Bonchev–Trinajstić information content (AvgIpc) is 3.15. The van der Waals surface area contributed by atoms with Crippen molar-refractivity contribution in [2.24, 2.45) is 0 Å². The van der Waals surface area contributed by atoms with Gasteiger partial charge in [-0.3, -0.25) is 14.9 Å². The summed E-state index contributed by atoms with van der Waals surface area (Å²) >= 11 is 0.801. The van der Waals surface area contributed by atoms with Crippen LogP contribution < -0.4 is 10.7 Å². The fraction of sp³-hybridized carbons (Fsp3) is 0.167. The van der Waals surface area contributed by atoms with E-state index in [-0.39, 0.29) is 21.4 Å². The van der Waals surface area contributed by atoms with Gasteiger partial charge in [-0.1, -0.05) is 23.5 Å². The van der Waals surface area contributed by atoms with Gasteiger partial charge < -0.3 is 4.74 Å². The molecule has 1 N–H and O–H groups in total.